The Morgan fingerprint density at radius 2 is 1.74 bits per heavy atom. The molecule has 5 heteroatoms. The second-order valence-corrected chi connectivity index (χ2v) is 6.29. The fraction of sp³-hybridized carbons (Fsp3) is 0.857. The number of aliphatic carboxylic acids is 1. The molecule has 3 rings (SSSR count). The van der Waals surface area contributed by atoms with Gasteiger partial charge in [0.1, 0.15) is 0 Å². The molecule has 3 fully saturated rings. The number of rotatable bonds is 2. The number of hydrogen-bond acceptors (Lipinski definition) is 3. The summed E-state index contributed by atoms with van der Waals surface area (Å²) in [5, 5.41) is 19.0. The van der Waals surface area contributed by atoms with E-state index in [2.05, 4.69) is 0 Å². The van der Waals surface area contributed by atoms with E-state index in [1.54, 1.807) is 0 Å². The maximum absolute atomic E-state index is 12.5. The van der Waals surface area contributed by atoms with E-state index in [4.69, 9.17) is 5.11 Å². The standard InChI is InChI=1S/C14H21NO4/c16-12-5-4-8-6-15(7-11(8)12)13(17)9-2-1-3-10(9)14(18)19/h8-12,16H,1-7H2,(H,18,19). The number of hydrogen-bond donors (Lipinski definition) is 2. The van der Waals surface area contributed by atoms with Crippen molar-refractivity contribution in [2.45, 2.75) is 38.2 Å². The quantitative estimate of drug-likeness (QED) is 0.772. The molecule has 2 saturated carbocycles. The first kappa shape index (κ1) is 12.9. The number of carbonyl (C=O) groups is 2. The van der Waals surface area contributed by atoms with Crippen LogP contribution in [0.4, 0.5) is 0 Å². The SMILES string of the molecule is O=C(O)C1CCCC1C(=O)N1CC2CCC(O)C2C1. The molecule has 1 aliphatic heterocycles. The van der Waals surface area contributed by atoms with E-state index in [-0.39, 0.29) is 23.8 Å². The van der Waals surface area contributed by atoms with Crippen LogP contribution in [0.3, 0.4) is 0 Å². The molecule has 1 amide bonds. The third-order valence-electron chi connectivity index (χ3n) is 5.28. The minimum absolute atomic E-state index is 0.00602. The molecule has 106 valence electrons. The summed E-state index contributed by atoms with van der Waals surface area (Å²) < 4.78 is 0. The number of carbonyl (C=O) groups excluding carboxylic acids is 1. The number of likely N-dealkylation sites (tertiary alicyclic amines) is 1. The van der Waals surface area contributed by atoms with E-state index in [1.165, 1.54) is 0 Å². The van der Waals surface area contributed by atoms with Crippen LogP contribution < -0.4 is 0 Å². The van der Waals surface area contributed by atoms with E-state index in [9.17, 15) is 14.7 Å². The normalized spacial score (nSPS) is 41.5. The van der Waals surface area contributed by atoms with Crippen LogP contribution in [0.5, 0.6) is 0 Å². The summed E-state index contributed by atoms with van der Waals surface area (Å²) in [6, 6.07) is 0. The molecule has 5 nitrogen and oxygen atoms in total. The fourth-order valence-corrected chi connectivity index (χ4v) is 4.20. The molecule has 1 saturated heterocycles. The predicted octanol–water partition coefficient (Wildman–Crippen LogP) is 0.717. The van der Waals surface area contributed by atoms with Gasteiger partial charge in [0.05, 0.1) is 17.9 Å². The van der Waals surface area contributed by atoms with Crippen molar-refractivity contribution in [3.8, 4) is 0 Å². The third-order valence-corrected chi connectivity index (χ3v) is 5.28. The number of nitrogens with zero attached hydrogens (tertiary/aromatic N) is 1. The highest BCUT2D eigenvalue weighted by Crippen LogP contribution is 2.40. The zero-order chi connectivity index (χ0) is 13.6. The number of aliphatic hydroxyl groups is 1. The van der Waals surface area contributed by atoms with Gasteiger partial charge >= 0.3 is 5.97 Å². The Bertz CT molecular complexity index is 397. The first-order valence-corrected chi connectivity index (χ1v) is 7.27. The van der Waals surface area contributed by atoms with Gasteiger partial charge in [-0.1, -0.05) is 6.42 Å². The van der Waals surface area contributed by atoms with E-state index >= 15 is 0 Å². The minimum Gasteiger partial charge on any atom is -0.481 e. The zero-order valence-electron chi connectivity index (χ0n) is 11.0. The number of fused-ring (bicyclic) bond motifs is 1. The summed E-state index contributed by atoms with van der Waals surface area (Å²) in [4.78, 5) is 25.5. The summed E-state index contributed by atoms with van der Waals surface area (Å²) in [5.74, 6) is -1.04. The van der Waals surface area contributed by atoms with Crippen molar-refractivity contribution >= 4 is 11.9 Å². The molecule has 0 aromatic heterocycles. The summed E-state index contributed by atoms with van der Waals surface area (Å²) in [7, 11) is 0. The summed E-state index contributed by atoms with van der Waals surface area (Å²) in [5.41, 5.74) is 0. The highest BCUT2D eigenvalue weighted by molar-refractivity contribution is 5.85. The summed E-state index contributed by atoms with van der Waals surface area (Å²) >= 11 is 0. The molecule has 0 spiro atoms. The molecule has 3 aliphatic rings. The summed E-state index contributed by atoms with van der Waals surface area (Å²) in [6.45, 7) is 1.33. The van der Waals surface area contributed by atoms with Gasteiger partial charge in [0.2, 0.25) is 5.91 Å². The van der Waals surface area contributed by atoms with Crippen LogP contribution in [0.1, 0.15) is 32.1 Å². The Morgan fingerprint density at radius 1 is 1.00 bits per heavy atom. The number of amides is 1. The van der Waals surface area contributed by atoms with Crippen molar-refractivity contribution in [1.29, 1.82) is 0 Å². The molecule has 0 bridgehead atoms. The Labute approximate surface area is 112 Å². The van der Waals surface area contributed by atoms with Gasteiger partial charge in [-0.2, -0.15) is 0 Å². The van der Waals surface area contributed by atoms with Gasteiger partial charge in [-0.25, -0.2) is 0 Å². The predicted molar refractivity (Wildman–Crippen MR) is 67.3 cm³/mol. The van der Waals surface area contributed by atoms with Crippen LogP contribution in [0.15, 0.2) is 0 Å². The topological polar surface area (TPSA) is 77.8 Å². The Hall–Kier alpha value is -1.10. The van der Waals surface area contributed by atoms with Crippen molar-refractivity contribution < 1.29 is 19.8 Å². The van der Waals surface area contributed by atoms with Crippen LogP contribution in [-0.4, -0.2) is 46.2 Å². The zero-order valence-corrected chi connectivity index (χ0v) is 11.0. The van der Waals surface area contributed by atoms with Crippen molar-refractivity contribution in [1.82, 2.24) is 4.90 Å². The maximum Gasteiger partial charge on any atom is 0.307 e. The molecular weight excluding hydrogens is 246 g/mol. The van der Waals surface area contributed by atoms with Gasteiger partial charge < -0.3 is 15.1 Å². The van der Waals surface area contributed by atoms with Gasteiger partial charge in [0, 0.05) is 19.0 Å². The monoisotopic (exact) mass is 267 g/mol. The smallest absolute Gasteiger partial charge is 0.307 e. The molecule has 0 aromatic rings. The maximum atomic E-state index is 12.5. The molecule has 0 aromatic carbocycles. The average Bonchev–Trinajstić information content (AvgIpc) is 3.05. The molecule has 2 aliphatic carbocycles. The lowest BCUT2D eigenvalue weighted by atomic mass is 9.95. The highest BCUT2D eigenvalue weighted by Gasteiger charge is 2.46. The van der Waals surface area contributed by atoms with Gasteiger partial charge in [-0.05, 0) is 31.6 Å². The Morgan fingerprint density at radius 3 is 2.42 bits per heavy atom. The second kappa shape index (κ2) is 4.78. The van der Waals surface area contributed by atoms with Crippen molar-refractivity contribution in [3.63, 3.8) is 0 Å². The van der Waals surface area contributed by atoms with Crippen molar-refractivity contribution in [2.75, 3.05) is 13.1 Å². The van der Waals surface area contributed by atoms with Crippen LogP contribution in [-0.2, 0) is 9.59 Å². The first-order valence-electron chi connectivity index (χ1n) is 7.27. The van der Waals surface area contributed by atoms with Crippen LogP contribution in [0.25, 0.3) is 0 Å². The van der Waals surface area contributed by atoms with Gasteiger partial charge in [0.15, 0.2) is 0 Å². The van der Waals surface area contributed by atoms with E-state index in [1.807, 2.05) is 4.90 Å². The Balaban J connectivity index is 1.67. The first-order chi connectivity index (χ1) is 9.08. The van der Waals surface area contributed by atoms with Crippen LogP contribution in [0.2, 0.25) is 0 Å². The lowest BCUT2D eigenvalue weighted by Crippen LogP contribution is -2.38. The molecule has 0 radical (unpaired) electrons. The van der Waals surface area contributed by atoms with E-state index in [0.29, 0.717) is 31.8 Å². The van der Waals surface area contributed by atoms with Gasteiger partial charge in [0.25, 0.3) is 0 Å². The lowest BCUT2D eigenvalue weighted by molar-refractivity contribution is -0.148. The second-order valence-electron chi connectivity index (χ2n) is 6.29. The van der Waals surface area contributed by atoms with Crippen LogP contribution in [0, 0.1) is 23.7 Å². The van der Waals surface area contributed by atoms with Gasteiger partial charge in [-0.15, -0.1) is 0 Å². The van der Waals surface area contributed by atoms with Gasteiger partial charge in [-0.3, -0.25) is 9.59 Å². The molecule has 2 N–H and O–H groups in total. The van der Waals surface area contributed by atoms with E-state index in [0.717, 1.165) is 19.3 Å². The fourth-order valence-electron chi connectivity index (χ4n) is 4.20. The lowest BCUT2D eigenvalue weighted by Gasteiger charge is -2.24. The van der Waals surface area contributed by atoms with Crippen LogP contribution >= 0.6 is 0 Å². The third kappa shape index (κ3) is 2.14. The molecule has 1 heterocycles. The average molecular weight is 267 g/mol. The number of carboxylic acids is 1. The van der Waals surface area contributed by atoms with E-state index < -0.39 is 11.9 Å². The van der Waals surface area contributed by atoms with Crippen molar-refractivity contribution in [3.05, 3.63) is 0 Å². The van der Waals surface area contributed by atoms with Crippen molar-refractivity contribution in [2.24, 2.45) is 23.7 Å². The molecule has 5 atom stereocenters. The summed E-state index contributed by atoms with van der Waals surface area (Å²) in [6.07, 6.45) is 3.71. The molecular formula is C14H21NO4. The molecule has 19 heavy (non-hydrogen) atoms. The number of carboxylic acid groups (broad SMARTS) is 1. The largest absolute Gasteiger partial charge is 0.481 e. The minimum atomic E-state index is -0.838. The Kier molecular flexibility index (Phi) is 3.25. The highest BCUT2D eigenvalue weighted by atomic mass is 16.4. The number of aliphatic hydroxyl groups excluding tert-OH is 1. The molecule has 5 unspecified atom stereocenters.